The van der Waals surface area contributed by atoms with Crippen molar-refractivity contribution >= 4 is 6.21 Å². The molecule has 0 saturated heterocycles. The van der Waals surface area contributed by atoms with Crippen LogP contribution in [0.15, 0.2) is 41.3 Å². The Labute approximate surface area is 98.4 Å². The number of methoxy groups -OCH3 is 1. The lowest BCUT2D eigenvalue weighted by Gasteiger charge is -2.07. The first kappa shape index (κ1) is 11.1. The summed E-state index contributed by atoms with van der Waals surface area (Å²) in [4.78, 5) is 13.8. The van der Waals surface area contributed by atoms with E-state index in [-0.39, 0.29) is 5.56 Å². The summed E-state index contributed by atoms with van der Waals surface area (Å²) in [6.07, 6.45) is 2.84. The van der Waals surface area contributed by atoms with E-state index >= 15 is 0 Å². The Kier molecular flexibility index (Phi) is 3.05. The van der Waals surface area contributed by atoms with Crippen LogP contribution < -0.4 is 10.3 Å². The van der Waals surface area contributed by atoms with Gasteiger partial charge in [-0.15, -0.1) is 0 Å². The maximum absolute atomic E-state index is 11.2. The van der Waals surface area contributed by atoms with E-state index in [1.165, 1.54) is 12.3 Å². The van der Waals surface area contributed by atoms with Gasteiger partial charge in [-0.1, -0.05) is 6.07 Å². The van der Waals surface area contributed by atoms with Crippen LogP contribution in [0.1, 0.15) is 5.56 Å². The third-order valence-electron chi connectivity index (χ3n) is 2.50. The topological polar surface area (TPSA) is 65.9 Å². The number of hydrogen-bond donors (Lipinski definition) is 2. The summed E-state index contributed by atoms with van der Waals surface area (Å²) in [5.41, 5.74) is 2.19. The number of hydrogen-bond acceptors (Lipinski definition) is 3. The molecule has 4 heteroatoms. The molecule has 0 atom stereocenters. The Balaban J connectivity index is 2.59. The second-order valence-electron chi connectivity index (χ2n) is 3.54. The largest absolute Gasteiger partial charge is 0.497 e. The Bertz CT molecular complexity index is 602. The molecular formula is C13H12N2O2. The third-order valence-corrected chi connectivity index (χ3v) is 2.50. The number of rotatable bonds is 3. The van der Waals surface area contributed by atoms with Crippen molar-refractivity contribution in [2.45, 2.75) is 0 Å². The van der Waals surface area contributed by atoms with Gasteiger partial charge in [0.05, 0.1) is 7.11 Å². The van der Waals surface area contributed by atoms with E-state index in [0.717, 1.165) is 16.7 Å². The van der Waals surface area contributed by atoms with Gasteiger partial charge in [0, 0.05) is 24.0 Å². The molecular weight excluding hydrogens is 216 g/mol. The van der Waals surface area contributed by atoms with E-state index < -0.39 is 0 Å². The van der Waals surface area contributed by atoms with E-state index in [1.807, 2.05) is 12.1 Å². The first-order valence-corrected chi connectivity index (χ1v) is 5.12. The molecule has 0 bridgehead atoms. The highest BCUT2D eigenvalue weighted by atomic mass is 16.5. The highest BCUT2D eigenvalue weighted by Gasteiger charge is 2.05. The minimum Gasteiger partial charge on any atom is -0.497 e. The molecule has 2 rings (SSSR count). The third kappa shape index (κ3) is 2.25. The maximum atomic E-state index is 11.2. The van der Waals surface area contributed by atoms with E-state index in [4.69, 9.17) is 10.1 Å². The molecule has 86 valence electrons. The Hall–Kier alpha value is -2.36. The van der Waals surface area contributed by atoms with Gasteiger partial charge < -0.3 is 15.1 Å². The molecule has 1 aromatic carbocycles. The zero-order chi connectivity index (χ0) is 12.3. The Morgan fingerprint density at radius 2 is 2.12 bits per heavy atom. The SMILES string of the molecule is COc1ccc(-c2cc[nH]c(=O)c2)c(C=N)c1. The number of pyridine rings is 1. The lowest BCUT2D eigenvalue weighted by atomic mass is 10.0. The van der Waals surface area contributed by atoms with E-state index in [2.05, 4.69) is 4.98 Å². The van der Waals surface area contributed by atoms with Crippen molar-refractivity contribution < 1.29 is 4.74 Å². The van der Waals surface area contributed by atoms with Gasteiger partial charge >= 0.3 is 0 Å². The van der Waals surface area contributed by atoms with Crippen LogP contribution in [-0.4, -0.2) is 18.3 Å². The molecule has 1 heterocycles. The van der Waals surface area contributed by atoms with Gasteiger partial charge in [-0.25, -0.2) is 0 Å². The average molecular weight is 228 g/mol. The Morgan fingerprint density at radius 1 is 1.29 bits per heavy atom. The quantitative estimate of drug-likeness (QED) is 0.789. The molecule has 4 nitrogen and oxygen atoms in total. The minimum atomic E-state index is -0.158. The minimum absolute atomic E-state index is 0.158. The molecule has 0 amide bonds. The van der Waals surface area contributed by atoms with Crippen LogP contribution in [-0.2, 0) is 0 Å². The zero-order valence-corrected chi connectivity index (χ0v) is 9.36. The monoisotopic (exact) mass is 228 g/mol. The van der Waals surface area contributed by atoms with Crippen molar-refractivity contribution in [2.24, 2.45) is 0 Å². The molecule has 0 radical (unpaired) electrons. The first-order chi connectivity index (χ1) is 8.24. The van der Waals surface area contributed by atoms with Crippen LogP contribution in [0.3, 0.4) is 0 Å². The number of benzene rings is 1. The predicted molar refractivity (Wildman–Crippen MR) is 66.9 cm³/mol. The smallest absolute Gasteiger partial charge is 0.248 e. The Morgan fingerprint density at radius 3 is 2.76 bits per heavy atom. The molecule has 0 aliphatic rings. The van der Waals surface area contributed by atoms with Crippen LogP contribution in [0.5, 0.6) is 5.75 Å². The van der Waals surface area contributed by atoms with Crippen molar-refractivity contribution in [1.82, 2.24) is 4.98 Å². The van der Waals surface area contributed by atoms with Crippen molar-refractivity contribution in [3.63, 3.8) is 0 Å². The van der Waals surface area contributed by atoms with Crippen LogP contribution in [0.4, 0.5) is 0 Å². The molecule has 0 saturated carbocycles. The van der Waals surface area contributed by atoms with Crippen LogP contribution in [0.2, 0.25) is 0 Å². The van der Waals surface area contributed by atoms with Gasteiger partial charge in [0.2, 0.25) is 5.56 Å². The van der Waals surface area contributed by atoms with E-state index in [9.17, 15) is 4.79 Å². The zero-order valence-electron chi connectivity index (χ0n) is 9.36. The molecule has 0 unspecified atom stereocenters. The lowest BCUT2D eigenvalue weighted by molar-refractivity contribution is 0.415. The molecule has 2 N–H and O–H groups in total. The van der Waals surface area contributed by atoms with Crippen LogP contribution in [0.25, 0.3) is 11.1 Å². The van der Waals surface area contributed by atoms with Crippen molar-refractivity contribution in [2.75, 3.05) is 7.11 Å². The highest BCUT2D eigenvalue weighted by molar-refractivity contribution is 5.89. The standard InChI is InChI=1S/C13H12N2O2/c1-17-11-2-3-12(10(6-11)8-14)9-4-5-15-13(16)7-9/h2-8,14H,1H3,(H,15,16). The molecule has 0 aliphatic carbocycles. The van der Waals surface area contributed by atoms with Gasteiger partial charge in [0.25, 0.3) is 0 Å². The molecule has 0 fully saturated rings. The number of aromatic amines is 1. The van der Waals surface area contributed by atoms with Crippen LogP contribution >= 0.6 is 0 Å². The fourth-order valence-corrected chi connectivity index (χ4v) is 1.66. The average Bonchev–Trinajstić information content (AvgIpc) is 2.38. The first-order valence-electron chi connectivity index (χ1n) is 5.12. The second kappa shape index (κ2) is 4.65. The summed E-state index contributed by atoms with van der Waals surface area (Å²) in [7, 11) is 1.58. The van der Waals surface area contributed by atoms with Gasteiger partial charge in [-0.05, 0) is 29.3 Å². The summed E-state index contributed by atoms with van der Waals surface area (Å²) in [5.74, 6) is 0.692. The number of nitrogens with one attached hydrogen (secondary N) is 2. The predicted octanol–water partition coefficient (Wildman–Crippen LogP) is 2.05. The highest BCUT2D eigenvalue weighted by Crippen LogP contribution is 2.25. The number of H-pyrrole nitrogens is 1. The van der Waals surface area contributed by atoms with E-state index in [1.54, 1.807) is 25.4 Å². The van der Waals surface area contributed by atoms with Crippen molar-refractivity contribution in [1.29, 1.82) is 5.41 Å². The summed E-state index contributed by atoms with van der Waals surface area (Å²) in [6, 6.07) is 8.73. The number of ether oxygens (including phenoxy) is 1. The summed E-state index contributed by atoms with van der Waals surface area (Å²) in [5, 5.41) is 7.39. The van der Waals surface area contributed by atoms with Crippen LogP contribution in [0, 0.1) is 5.41 Å². The van der Waals surface area contributed by atoms with Crippen molar-refractivity contribution in [3.05, 3.63) is 52.4 Å². The second-order valence-corrected chi connectivity index (χ2v) is 3.54. The normalized spacial score (nSPS) is 9.94. The molecule has 1 aromatic heterocycles. The van der Waals surface area contributed by atoms with Gasteiger partial charge in [0.1, 0.15) is 5.75 Å². The molecule has 2 aromatic rings. The van der Waals surface area contributed by atoms with Gasteiger partial charge in [0.15, 0.2) is 0 Å². The fraction of sp³-hybridized carbons (Fsp3) is 0.0769. The van der Waals surface area contributed by atoms with E-state index in [0.29, 0.717) is 5.75 Å². The number of aromatic nitrogens is 1. The summed E-state index contributed by atoms with van der Waals surface area (Å²) in [6.45, 7) is 0. The van der Waals surface area contributed by atoms with Gasteiger partial charge in [-0.3, -0.25) is 4.79 Å². The van der Waals surface area contributed by atoms with Crippen molar-refractivity contribution in [3.8, 4) is 16.9 Å². The summed E-state index contributed by atoms with van der Waals surface area (Å²) < 4.78 is 5.10. The molecule has 17 heavy (non-hydrogen) atoms. The fourth-order valence-electron chi connectivity index (χ4n) is 1.66. The molecule has 0 spiro atoms. The molecule has 0 aliphatic heterocycles. The summed E-state index contributed by atoms with van der Waals surface area (Å²) >= 11 is 0. The van der Waals surface area contributed by atoms with Gasteiger partial charge in [-0.2, -0.15) is 0 Å². The maximum Gasteiger partial charge on any atom is 0.248 e. The lowest BCUT2D eigenvalue weighted by Crippen LogP contribution is -2.02.